The molecule has 3 N–H and O–H groups in total. The summed E-state index contributed by atoms with van der Waals surface area (Å²) in [7, 11) is 0. The van der Waals surface area contributed by atoms with Crippen LogP contribution in [0.25, 0.3) is 10.8 Å². The second-order valence-corrected chi connectivity index (χ2v) is 4.64. The van der Waals surface area contributed by atoms with E-state index in [1.807, 2.05) is 66.7 Å². The van der Waals surface area contributed by atoms with Crippen LogP contribution < -0.4 is 5.73 Å². The Labute approximate surface area is 112 Å². The molecule has 1 atom stereocenters. The molecule has 0 aromatic heterocycles. The monoisotopic (exact) mass is 249 g/mol. The Morgan fingerprint density at radius 1 is 0.842 bits per heavy atom. The van der Waals surface area contributed by atoms with E-state index >= 15 is 0 Å². The predicted octanol–water partition coefficient (Wildman–Crippen LogP) is 3.50. The summed E-state index contributed by atoms with van der Waals surface area (Å²) in [6.45, 7) is 0. The molecule has 3 aromatic rings. The highest BCUT2D eigenvalue weighted by Crippen LogP contribution is 2.29. The average Bonchev–Trinajstić information content (AvgIpc) is 2.46. The van der Waals surface area contributed by atoms with Crippen LogP contribution in [0.3, 0.4) is 0 Å². The number of rotatable bonds is 2. The fourth-order valence-corrected chi connectivity index (χ4v) is 2.40. The summed E-state index contributed by atoms with van der Waals surface area (Å²) < 4.78 is 0. The van der Waals surface area contributed by atoms with Crippen LogP contribution in [0.15, 0.2) is 66.7 Å². The van der Waals surface area contributed by atoms with Crippen molar-refractivity contribution in [3.8, 4) is 0 Å². The molecule has 0 bridgehead atoms. The van der Waals surface area contributed by atoms with Gasteiger partial charge in [0.15, 0.2) is 0 Å². The Kier molecular flexibility index (Phi) is 2.94. The number of fused-ring (bicyclic) bond motifs is 1. The van der Waals surface area contributed by atoms with E-state index in [9.17, 15) is 5.11 Å². The van der Waals surface area contributed by atoms with Crippen molar-refractivity contribution in [3.05, 3.63) is 77.9 Å². The highest BCUT2D eigenvalue weighted by molar-refractivity contribution is 5.86. The summed E-state index contributed by atoms with van der Waals surface area (Å²) in [5, 5.41) is 12.8. The maximum atomic E-state index is 10.6. The first-order valence-electron chi connectivity index (χ1n) is 6.27. The first kappa shape index (κ1) is 11.8. The van der Waals surface area contributed by atoms with Crippen LogP contribution in [0.4, 0.5) is 5.69 Å². The van der Waals surface area contributed by atoms with E-state index in [1.54, 1.807) is 0 Å². The smallest absolute Gasteiger partial charge is 0.105 e. The summed E-state index contributed by atoms with van der Waals surface area (Å²) in [4.78, 5) is 0. The molecule has 0 spiro atoms. The fraction of sp³-hybridized carbons (Fsp3) is 0.0588. The van der Waals surface area contributed by atoms with E-state index in [0.29, 0.717) is 5.69 Å². The quantitative estimate of drug-likeness (QED) is 0.683. The van der Waals surface area contributed by atoms with Gasteiger partial charge in [0.1, 0.15) is 6.10 Å². The zero-order valence-corrected chi connectivity index (χ0v) is 10.5. The van der Waals surface area contributed by atoms with Gasteiger partial charge in [-0.1, -0.05) is 54.6 Å². The van der Waals surface area contributed by atoms with Gasteiger partial charge < -0.3 is 10.8 Å². The van der Waals surface area contributed by atoms with Gasteiger partial charge in [-0.05, 0) is 34.0 Å². The summed E-state index contributed by atoms with van der Waals surface area (Å²) in [6, 6.07) is 21.4. The molecule has 94 valence electrons. The highest BCUT2D eigenvalue weighted by atomic mass is 16.3. The summed E-state index contributed by atoms with van der Waals surface area (Å²) in [6.07, 6.45) is -0.658. The molecule has 0 unspecified atom stereocenters. The molecule has 0 saturated carbocycles. The van der Waals surface area contributed by atoms with Gasteiger partial charge in [-0.15, -0.1) is 0 Å². The van der Waals surface area contributed by atoms with E-state index in [4.69, 9.17) is 5.73 Å². The lowest BCUT2D eigenvalue weighted by Gasteiger charge is -2.14. The summed E-state index contributed by atoms with van der Waals surface area (Å²) >= 11 is 0. The topological polar surface area (TPSA) is 46.2 Å². The van der Waals surface area contributed by atoms with Crippen molar-refractivity contribution in [1.82, 2.24) is 0 Å². The Hall–Kier alpha value is -2.32. The molecular weight excluding hydrogens is 234 g/mol. The van der Waals surface area contributed by atoms with Gasteiger partial charge in [-0.25, -0.2) is 0 Å². The first-order chi connectivity index (χ1) is 9.25. The lowest BCUT2D eigenvalue weighted by atomic mass is 9.96. The van der Waals surface area contributed by atoms with Gasteiger partial charge in [-0.2, -0.15) is 0 Å². The molecule has 3 aromatic carbocycles. The van der Waals surface area contributed by atoms with Gasteiger partial charge >= 0.3 is 0 Å². The zero-order chi connectivity index (χ0) is 13.2. The van der Waals surface area contributed by atoms with Crippen molar-refractivity contribution in [2.24, 2.45) is 0 Å². The molecule has 0 fully saturated rings. The van der Waals surface area contributed by atoms with E-state index in [0.717, 1.165) is 21.9 Å². The molecule has 0 heterocycles. The minimum Gasteiger partial charge on any atom is -0.399 e. The van der Waals surface area contributed by atoms with Gasteiger partial charge in [0.05, 0.1) is 0 Å². The molecular formula is C17H15NO. The SMILES string of the molecule is Nc1cccc([C@@H](O)c2cccc3ccccc23)c1. The molecule has 0 amide bonds. The molecule has 2 heteroatoms. The molecule has 2 nitrogen and oxygen atoms in total. The van der Waals surface area contributed by atoms with E-state index in [2.05, 4.69) is 0 Å². The van der Waals surface area contributed by atoms with E-state index in [1.165, 1.54) is 0 Å². The number of aliphatic hydroxyl groups is 1. The van der Waals surface area contributed by atoms with Gasteiger partial charge in [0, 0.05) is 5.69 Å². The number of anilines is 1. The lowest BCUT2D eigenvalue weighted by Crippen LogP contribution is -2.01. The zero-order valence-electron chi connectivity index (χ0n) is 10.5. The maximum Gasteiger partial charge on any atom is 0.105 e. The highest BCUT2D eigenvalue weighted by Gasteiger charge is 2.13. The molecule has 0 radical (unpaired) electrons. The van der Waals surface area contributed by atoms with Gasteiger partial charge in [-0.3, -0.25) is 0 Å². The Morgan fingerprint density at radius 3 is 2.42 bits per heavy atom. The minimum absolute atomic E-state index is 0.658. The van der Waals surface area contributed by atoms with Crippen molar-refractivity contribution in [3.63, 3.8) is 0 Å². The Morgan fingerprint density at radius 2 is 1.58 bits per heavy atom. The van der Waals surface area contributed by atoms with Crippen LogP contribution in [0.5, 0.6) is 0 Å². The summed E-state index contributed by atoms with van der Waals surface area (Å²) in [5.41, 5.74) is 8.16. The van der Waals surface area contributed by atoms with Crippen LogP contribution >= 0.6 is 0 Å². The summed E-state index contributed by atoms with van der Waals surface area (Å²) in [5.74, 6) is 0. The number of hydrogen-bond donors (Lipinski definition) is 2. The van der Waals surface area contributed by atoms with Crippen molar-refractivity contribution in [2.75, 3.05) is 5.73 Å². The minimum atomic E-state index is -0.658. The first-order valence-corrected chi connectivity index (χ1v) is 6.27. The third-order valence-electron chi connectivity index (χ3n) is 3.34. The van der Waals surface area contributed by atoms with Crippen LogP contribution in [-0.2, 0) is 0 Å². The lowest BCUT2D eigenvalue weighted by molar-refractivity contribution is 0.222. The molecule has 0 saturated heterocycles. The number of nitrogens with two attached hydrogens (primary N) is 1. The number of aliphatic hydroxyl groups excluding tert-OH is 1. The average molecular weight is 249 g/mol. The normalized spacial score (nSPS) is 12.5. The molecule has 0 aliphatic carbocycles. The van der Waals surface area contributed by atoms with Gasteiger partial charge in [0.2, 0.25) is 0 Å². The van der Waals surface area contributed by atoms with Gasteiger partial charge in [0.25, 0.3) is 0 Å². The van der Waals surface area contributed by atoms with Crippen LogP contribution in [0.2, 0.25) is 0 Å². The second-order valence-electron chi connectivity index (χ2n) is 4.64. The van der Waals surface area contributed by atoms with Crippen molar-refractivity contribution in [1.29, 1.82) is 0 Å². The van der Waals surface area contributed by atoms with Crippen molar-refractivity contribution >= 4 is 16.5 Å². The van der Waals surface area contributed by atoms with Crippen molar-refractivity contribution in [2.45, 2.75) is 6.10 Å². The van der Waals surface area contributed by atoms with Crippen LogP contribution in [-0.4, -0.2) is 5.11 Å². The van der Waals surface area contributed by atoms with E-state index in [-0.39, 0.29) is 0 Å². The molecule has 19 heavy (non-hydrogen) atoms. The Bertz CT molecular complexity index is 716. The third kappa shape index (κ3) is 2.18. The number of nitrogen functional groups attached to an aromatic ring is 1. The third-order valence-corrected chi connectivity index (χ3v) is 3.34. The largest absolute Gasteiger partial charge is 0.399 e. The predicted molar refractivity (Wildman–Crippen MR) is 78.9 cm³/mol. The molecule has 0 aliphatic heterocycles. The van der Waals surface area contributed by atoms with Crippen molar-refractivity contribution < 1.29 is 5.11 Å². The number of benzene rings is 3. The van der Waals surface area contributed by atoms with Crippen LogP contribution in [0, 0.1) is 0 Å². The maximum absolute atomic E-state index is 10.6. The fourth-order valence-electron chi connectivity index (χ4n) is 2.40. The standard InChI is InChI=1S/C17H15NO/c18-14-8-3-7-13(11-14)17(19)16-10-4-6-12-5-1-2-9-15(12)16/h1-11,17,19H,18H2/t17-/m1/s1. The van der Waals surface area contributed by atoms with Crippen LogP contribution in [0.1, 0.15) is 17.2 Å². The second kappa shape index (κ2) is 4.75. The molecule has 3 rings (SSSR count). The van der Waals surface area contributed by atoms with E-state index < -0.39 is 6.10 Å². The Balaban J connectivity index is 2.14. The molecule has 0 aliphatic rings. The number of hydrogen-bond acceptors (Lipinski definition) is 2.